The van der Waals surface area contributed by atoms with Crippen molar-refractivity contribution in [3.63, 3.8) is 0 Å². The van der Waals surface area contributed by atoms with Crippen LogP contribution in [0.3, 0.4) is 0 Å². The SMILES string of the molecule is CCCCNc1cc(C(=O)NC2CCCC2)ncn1. The molecular weight excluding hydrogens is 240 g/mol. The van der Waals surface area contributed by atoms with Crippen molar-refractivity contribution in [1.29, 1.82) is 0 Å². The Morgan fingerprint density at radius 3 is 2.89 bits per heavy atom. The van der Waals surface area contributed by atoms with Gasteiger partial charge in [-0.1, -0.05) is 26.2 Å². The molecule has 5 nitrogen and oxygen atoms in total. The van der Waals surface area contributed by atoms with Gasteiger partial charge in [0.1, 0.15) is 17.8 Å². The zero-order valence-corrected chi connectivity index (χ0v) is 11.5. The maximum Gasteiger partial charge on any atom is 0.270 e. The standard InChI is InChI=1S/C14H22N4O/c1-2-3-8-15-13-9-12(16-10-17-13)14(19)18-11-6-4-5-7-11/h9-11H,2-8H2,1H3,(H,18,19)(H,15,16,17). The molecule has 0 atom stereocenters. The summed E-state index contributed by atoms with van der Waals surface area (Å²) < 4.78 is 0. The van der Waals surface area contributed by atoms with E-state index in [9.17, 15) is 4.79 Å². The maximum atomic E-state index is 12.1. The summed E-state index contributed by atoms with van der Waals surface area (Å²) in [5.74, 6) is 0.632. The second-order valence-corrected chi connectivity index (χ2v) is 5.02. The van der Waals surface area contributed by atoms with E-state index in [4.69, 9.17) is 0 Å². The van der Waals surface area contributed by atoms with E-state index in [0.717, 1.165) is 38.0 Å². The fourth-order valence-electron chi connectivity index (χ4n) is 2.30. The molecule has 2 rings (SSSR count). The minimum atomic E-state index is -0.0900. The van der Waals surface area contributed by atoms with Crippen LogP contribution in [0.1, 0.15) is 55.9 Å². The van der Waals surface area contributed by atoms with Crippen molar-refractivity contribution < 1.29 is 4.79 Å². The highest BCUT2D eigenvalue weighted by Crippen LogP contribution is 2.18. The Morgan fingerprint density at radius 1 is 1.37 bits per heavy atom. The number of amides is 1. The first-order chi connectivity index (χ1) is 9.29. The summed E-state index contributed by atoms with van der Waals surface area (Å²) in [5.41, 5.74) is 0.445. The molecule has 1 amide bonds. The number of aromatic nitrogens is 2. The van der Waals surface area contributed by atoms with E-state index >= 15 is 0 Å². The van der Waals surface area contributed by atoms with E-state index in [0.29, 0.717) is 11.7 Å². The van der Waals surface area contributed by atoms with Crippen LogP contribution in [-0.2, 0) is 0 Å². The fraction of sp³-hybridized carbons (Fsp3) is 0.643. The Hall–Kier alpha value is -1.65. The van der Waals surface area contributed by atoms with Gasteiger partial charge in [0.05, 0.1) is 0 Å². The zero-order valence-electron chi connectivity index (χ0n) is 11.5. The lowest BCUT2D eigenvalue weighted by molar-refractivity contribution is 0.0932. The summed E-state index contributed by atoms with van der Waals surface area (Å²) in [6.45, 7) is 3.01. The van der Waals surface area contributed by atoms with Crippen molar-refractivity contribution in [2.24, 2.45) is 0 Å². The number of anilines is 1. The van der Waals surface area contributed by atoms with Crippen LogP contribution in [0.4, 0.5) is 5.82 Å². The van der Waals surface area contributed by atoms with Crippen molar-refractivity contribution >= 4 is 11.7 Å². The average molecular weight is 262 g/mol. The molecule has 0 unspecified atom stereocenters. The Bertz CT molecular complexity index is 416. The van der Waals surface area contributed by atoms with Crippen molar-refractivity contribution in [2.45, 2.75) is 51.5 Å². The van der Waals surface area contributed by atoms with Gasteiger partial charge in [-0.2, -0.15) is 0 Å². The predicted octanol–water partition coefficient (Wildman–Crippen LogP) is 2.36. The molecular formula is C14H22N4O. The monoisotopic (exact) mass is 262 g/mol. The summed E-state index contributed by atoms with van der Waals surface area (Å²) in [4.78, 5) is 20.2. The number of hydrogen-bond acceptors (Lipinski definition) is 4. The average Bonchev–Trinajstić information content (AvgIpc) is 2.92. The van der Waals surface area contributed by atoms with Crippen LogP contribution < -0.4 is 10.6 Å². The lowest BCUT2D eigenvalue weighted by atomic mass is 10.2. The van der Waals surface area contributed by atoms with Gasteiger partial charge in [0.15, 0.2) is 0 Å². The van der Waals surface area contributed by atoms with E-state index in [1.165, 1.54) is 19.2 Å². The Kier molecular flexibility index (Phi) is 5.12. The van der Waals surface area contributed by atoms with Gasteiger partial charge < -0.3 is 10.6 Å². The van der Waals surface area contributed by atoms with Crippen LogP contribution in [0.25, 0.3) is 0 Å². The highest BCUT2D eigenvalue weighted by atomic mass is 16.1. The minimum absolute atomic E-state index is 0.0900. The Morgan fingerprint density at radius 2 is 2.16 bits per heavy atom. The molecule has 0 bridgehead atoms. The molecule has 1 fully saturated rings. The number of carbonyl (C=O) groups is 1. The third-order valence-electron chi connectivity index (χ3n) is 3.43. The molecule has 1 aromatic rings. The van der Waals surface area contributed by atoms with Crippen LogP contribution in [-0.4, -0.2) is 28.5 Å². The highest BCUT2D eigenvalue weighted by molar-refractivity contribution is 5.93. The zero-order chi connectivity index (χ0) is 13.5. The topological polar surface area (TPSA) is 66.9 Å². The number of nitrogens with one attached hydrogen (secondary N) is 2. The second-order valence-electron chi connectivity index (χ2n) is 5.02. The van der Waals surface area contributed by atoms with Gasteiger partial charge in [-0.15, -0.1) is 0 Å². The second kappa shape index (κ2) is 7.07. The number of hydrogen-bond donors (Lipinski definition) is 2. The normalized spacial score (nSPS) is 15.4. The first-order valence-electron chi connectivity index (χ1n) is 7.16. The van der Waals surface area contributed by atoms with Crippen LogP contribution in [0.2, 0.25) is 0 Å². The first-order valence-corrected chi connectivity index (χ1v) is 7.16. The van der Waals surface area contributed by atoms with E-state index < -0.39 is 0 Å². The molecule has 1 aliphatic carbocycles. The molecule has 2 N–H and O–H groups in total. The van der Waals surface area contributed by atoms with Crippen LogP contribution >= 0.6 is 0 Å². The van der Waals surface area contributed by atoms with Crippen LogP contribution in [0, 0.1) is 0 Å². The number of rotatable bonds is 6. The van der Waals surface area contributed by atoms with Crippen molar-refractivity contribution in [3.8, 4) is 0 Å². The molecule has 0 aliphatic heterocycles. The van der Waals surface area contributed by atoms with Gasteiger partial charge in [-0.25, -0.2) is 9.97 Å². The molecule has 0 saturated heterocycles. The number of carbonyl (C=O) groups excluding carboxylic acids is 1. The molecule has 1 aliphatic rings. The predicted molar refractivity (Wildman–Crippen MR) is 75.2 cm³/mol. The van der Waals surface area contributed by atoms with Gasteiger partial charge in [-0.3, -0.25) is 4.79 Å². The van der Waals surface area contributed by atoms with Gasteiger partial charge in [0, 0.05) is 18.7 Å². The summed E-state index contributed by atoms with van der Waals surface area (Å²) >= 11 is 0. The molecule has 19 heavy (non-hydrogen) atoms. The molecule has 5 heteroatoms. The largest absolute Gasteiger partial charge is 0.370 e. The van der Waals surface area contributed by atoms with Crippen molar-refractivity contribution in [3.05, 3.63) is 18.1 Å². The Balaban J connectivity index is 1.91. The van der Waals surface area contributed by atoms with E-state index in [2.05, 4.69) is 27.5 Å². The smallest absolute Gasteiger partial charge is 0.270 e. The third kappa shape index (κ3) is 4.19. The highest BCUT2D eigenvalue weighted by Gasteiger charge is 2.18. The van der Waals surface area contributed by atoms with Crippen molar-refractivity contribution in [2.75, 3.05) is 11.9 Å². The van der Waals surface area contributed by atoms with Gasteiger partial charge in [0.25, 0.3) is 5.91 Å². The molecule has 1 aromatic heterocycles. The molecule has 0 aromatic carbocycles. The number of unbranched alkanes of at least 4 members (excludes halogenated alkanes) is 1. The summed E-state index contributed by atoms with van der Waals surface area (Å²) in [6.07, 6.45) is 8.24. The van der Waals surface area contributed by atoms with E-state index in [1.807, 2.05) is 0 Å². The molecule has 104 valence electrons. The maximum absolute atomic E-state index is 12.1. The molecule has 0 spiro atoms. The van der Waals surface area contributed by atoms with Gasteiger partial charge >= 0.3 is 0 Å². The third-order valence-corrected chi connectivity index (χ3v) is 3.43. The van der Waals surface area contributed by atoms with Gasteiger partial charge in [0.2, 0.25) is 0 Å². The quantitative estimate of drug-likeness (QED) is 0.772. The van der Waals surface area contributed by atoms with Crippen LogP contribution in [0.15, 0.2) is 12.4 Å². The first kappa shape index (κ1) is 13.8. The molecule has 1 heterocycles. The van der Waals surface area contributed by atoms with Crippen molar-refractivity contribution in [1.82, 2.24) is 15.3 Å². The fourth-order valence-corrected chi connectivity index (χ4v) is 2.30. The lowest BCUT2D eigenvalue weighted by Gasteiger charge is -2.11. The van der Waals surface area contributed by atoms with E-state index in [1.54, 1.807) is 6.07 Å². The minimum Gasteiger partial charge on any atom is -0.370 e. The molecule has 1 saturated carbocycles. The summed E-state index contributed by atoms with van der Waals surface area (Å²) in [5, 5.41) is 6.24. The summed E-state index contributed by atoms with van der Waals surface area (Å²) in [7, 11) is 0. The van der Waals surface area contributed by atoms with E-state index in [-0.39, 0.29) is 5.91 Å². The number of nitrogens with zero attached hydrogens (tertiary/aromatic N) is 2. The lowest BCUT2D eigenvalue weighted by Crippen LogP contribution is -2.33. The summed E-state index contributed by atoms with van der Waals surface area (Å²) in [6, 6.07) is 2.04. The Labute approximate surface area is 114 Å². The van der Waals surface area contributed by atoms with Gasteiger partial charge in [-0.05, 0) is 19.3 Å². The van der Waals surface area contributed by atoms with Crippen LogP contribution in [0.5, 0.6) is 0 Å². The molecule has 0 radical (unpaired) electrons.